The van der Waals surface area contributed by atoms with Crippen LogP contribution in [0.5, 0.6) is 0 Å². The predicted molar refractivity (Wildman–Crippen MR) is 95.4 cm³/mol. The molecule has 0 spiro atoms. The number of aliphatic hydroxyl groups is 1. The molecule has 3 rings (SSSR count). The molecule has 1 aliphatic heterocycles. The van der Waals surface area contributed by atoms with E-state index in [-0.39, 0.29) is 25.4 Å². The molecule has 0 aliphatic carbocycles. The summed E-state index contributed by atoms with van der Waals surface area (Å²) in [5.41, 5.74) is 0.817. The molecule has 0 bridgehead atoms. The Balaban J connectivity index is 1.92. The lowest BCUT2D eigenvalue weighted by atomic mass is 9.97. The fourth-order valence-corrected chi connectivity index (χ4v) is 3.24. The number of aliphatic hydroxyl groups excluding tert-OH is 1. The lowest BCUT2D eigenvalue weighted by Crippen LogP contribution is -2.28. The molecule has 0 radical (unpaired) electrons. The zero-order chi connectivity index (χ0) is 20.3. The van der Waals surface area contributed by atoms with Crippen LogP contribution in [-0.2, 0) is 11.3 Å². The molecule has 3 heterocycles. The SMILES string of the molecule is COC1=NC=C(C(F)(F)F)CC1Cn1cc(C(O)NCCF)c2ncccc21. The van der Waals surface area contributed by atoms with Gasteiger partial charge in [0.05, 0.1) is 29.6 Å². The molecule has 0 aromatic carbocycles. The molecule has 2 N–H and O–H groups in total. The van der Waals surface area contributed by atoms with Crippen molar-refractivity contribution in [2.45, 2.75) is 25.4 Å². The van der Waals surface area contributed by atoms with Gasteiger partial charge in [0.25, 0.3) is 0 Å². The number of nitrogens with zero attached hydrogens (tertiary/aromatic N) is 3. The number of nitrogens with one attached hydrogen (secondary N) is 1. The lowest BCUT2D eigenvalue weighted by molar-refractivity contribution is -0.0954. The van der Waals surface area contributed by atoms with E-state index in [4.69, 9.17) is 4.74 Å². The van der Waals surface area contributed by atoms with Crippen molar-refractivity contribution >= 4 is 16.9 Å². The van der Waals surface area contributed by atoms with Crippen LogP contribution in [0.25, 0.3) is 11.0 Å². The highest BCUT2D eigenvalue weighted by Gasteiger charge is 2.38. The van der Waals surface area contributed by atoms with Crippen LogP contribution in [0.4, 0.5) is 17.6 Å². The summed E-state index contributed by atoms with van der Waals surface area (Å²) < 4.78 is 58.6. The highest BCUT2D eigenvalue weighted by molar-refractivity contribution is 5.82. The summed E-state index contributed by atoms with van der Waals surface area (Å²) in [6.07, 6.45) is -1.94. The molecule has 0 amide bonds. The van der Waals surface area contributed by atoms with E-state index in [1.807, 2.05) is 0 Å². The third-order valence-electron chi connectivity index (χ3n) is 4.54. The zero-order valence-corrected chi connectivity index (χ0v) is 15.1. The number of halogens is 4. The summed E-state index contributed by atoms with van der Waals surface area (Å²) in [7, 11) is 1.36. The molecular formula is C18H20F4N4O2. The molecule has 152 valence electrons. The van der Waals surface area contributed by atoms with Crippen molar-refractivity contribution in [3.63, 3.8) is 0 Å². The van der Waals surface area contributed by atoms with Crippen molar-refractivity contribution in [3.05, 3.63) is 41.9 Å². The first kappa shape index (κ1) is 20.3. The van der Waals surface area contributed by atoms with Crippen molar-refractivity contribution in [1.82, 2.24) is 14.9 Å². The largest absolute Gasteiger partial charge is 0.484 e. The third kappa shape index (κ3) is 4.17. The first-order valence-corrected chi connectivity index (χ1v) is 8.64. The Labute approximate surface area is 158 Å². The highest BCUT2D eigenvalue weighted by atomic mass is 19.4. The predicted octanol–water partition coefficient (Wildman–Crippen LogP) is 3.10. The number of allylic oxidation sites excluding steroid dienone is 1. The average Bonchev–Trinajstić information content (AvgIpc) is 3.04. The summed E-state index contributed by atoms with van der Waals surface area (Å²) in [4.78, 5) is 8.07. The average molecular weight is 400 g/mol. The summed E-state index contributed by atoms with van der Waals surface area (Å²) in [5.74, 6) is -0.428. The van der Waals surface area contributed by atoms with Gasteiger partial charge in [-0.1, -0.05) is 0 Å². The Hall–Kier alpha value is -2.46. The first-order valence-electron chi connectivity index (χ1n) is 8.64. The minimum absolute atomic E-state index is 0.0382. The monoisotopic (exact) mass is 400 g/mol. The van der Waals surface area contributed by atoms with Gasteiger partial charge in [0.15, 0.2) is 5.90 Å². The second kappa shape index (κ2) is 8.27. The van der Waals surface area contributed by atoms with Crippen molar-refractivity contribution < 1.29 is 27.4 Å². The number of ether oxygens (including phenoxy) is 1. The van der Waals surface area contributed by atoms with Crippen molar-refractivity contribution in [2.75, 3.05) is 20.3 Å². The van der Waals surface area contributed by atoms with Gasteiger partial charge in [0.2, 0.25) is 0 Å². The number of aromatic nitrogens is 2. The Morgan fingerprint density at radius 1 is 1.43 bits per heavy atom. The van der Waals surface area contributed by atoms with Crippen LogP contribution < -0.4 is 5.32 Å². The smallest absolute Gasteiger partial charge is 0.414 e. The van der Waals surface area contributed by atoms with Gasteiger partial charge < -0.3 is 14.4 Å². The van der Waals surface area contributed by atoms with Gasteiger partial charge in [-0.25, -0.2) is 9.38 Å². The topological polar surface area (TPSA) is 71.7 Å². The second-order valence-electron chi connectivity index (χ2n) is 6.38. The second-order valence-corrected chi connectivity index (χ2v) is 6.38. The number of aliphatic imine (C=N–C) groups is 1. The Kier molecular flexibility index (Phi) is 5.99. The normalized spacial score (nSPS) is 18.7. The summed E-state index contributed by atoms with van der Waals surface area (Å²) in [6, 6.07) is 3.44. The van der Waals surface area contributed by atoms with E-state index in [1.165, 1.54) is 7.11 Å². The molecule has 28 heavy (non-hydrogen) atoms. The number of rotatable bonds is 6. The Morgan fingerprint density at radius 2 is 2.21 bits per heavy atom. The molecule has 0 saturated heterocycles. The van der Waals surface area contributed by atoms with Crippen LogP contribution >= 0.6 is 0 Å². The van der Waals surface area contributed by atoms with Crippen molar-refractivity contribution in [1.29, 1.82) is 0 Å². The maximum absolute atomic E-state index is 13.1. The van der Waals surface area contributed by atoms with E-state index in [0.29, 0.717) is 16.6 Å². The lowest BCUT2D eigenvalue weighted by Gasteiger charge is -2.24. The first-order chi connectivity index (χ1) is 13.3. The van der Waals surface area contributed by atoms with E-state index in [1.54, 1.807) is 29.1 Å². The minimum atomic E-state index is -4.46. The van der Waals surface area contributed by atoms with Gasteiger partial charge in [0.1, 0.15) is 12.9 Å². The molecule has 2 unspecified atom stereocenters. The quantitative estimate of drug-likeness (QED) is 0.578. The van der Waals surface area contributed by atoms with Crippen LogP contribution in [0.1, 0.15) is 18.2 Å². The number of hydrogen-bond donors (Lipinski definition) is 2. The van der Waals surface area contributed by atoms with Gasteiger partial charge in [-0.2, -0.15) is 13.2 Å². The summed E-state index contributed by atoms with van der Waals surface area (Å²) >= 11 is 0. The Bertz CT molecular complexity index is 891. The molecule has 6 nitrogen and oxygen atoms in total. The van der Waals surface area contributed by atoms with Gasteiger partial charge in [-0.3, -0.25) is 10.3 Å². The zero-order valence-electron chi connectivity index (χ0n) is 15.1. The van der Waals surface area contributed by atoms with Gasteiger partial charge >= 0.3 is 6.18 Å². The van der Waals surface area contributed by atoms with Crippen LogP contribution in [-0.4, -0.2) is 47.1 Å². The number of hydrogen-bond acceptors (Lipinski definition) is 5. The number of methoxy groups -OCH3 is 1. The van der Waals surface area contributed by atoms with Gasteiger partial charge in [-0.15, -0.1) is 0 Å². The number of alkyl halides is 4. The standard InChI is InChI=1S/C18H20F4N4O2/c1-28-17-11(7-12(8-25-17)18(20,21)22)9-26-10-13(16(27)24-6-4-19)15-14(26)3-2-5-23-15/h2-3,5,8,10-11,16,24,27H,4,6-7,9H2,1H3. The van der Waals surface area contributed by atoms with Crippen LogP contribution in [0.2, 0.25) is 0 Å². The molecule has 2 atom stereocenters. The fourth-order valence-electron chi connectivity index (χ4n) is 3.24. The molecule has 0 fully saturated rings. The maximum Gasteiger partial charge on any atom is 0.414 e. The molecule has 10 heteroatoms. The third-order valence-corrected chi connectivity index (χ3v) is 4.54. The van der Waals surface area contributed by atoms with Gasteiger partial charge in [-0.05, 0) is 18.6 Å². The molecular weight excluding hydrogens is 380 g/mol. The molecule has 2 aromatic rings. The maximum atomic E-state index is 13.1. The van der Waals surface area contributed by atoms with E-state index < -0.39 is 30.6 Å². The van der Waals surface area contributed by atoms with E-state index >= 15 is 0 Å². The Morgan fingerprint density at radius 3 is 2.89 bits per heavy atom. The van der Waals surface area contributed by atoms with Crippen molar-refractivity contribution in [2.24, 2.45) is 10.9 Å². The fraction of sp³-hybridized carbons (Fsp3) is 0.444. The van der Waals surface area contributed by atoms with E-state index in [9.17, 15) is 22.7 Å². The summed E-state index contributed by atoms with van der Waals surface area (Å²) in [5, 5.41) is 12.9. The number of pyridine rings is 1. The van der Waals surface area contributed by atoms with E-state index in [2.05, 4.69) is 15.3 Å². The summed E-state index contributed by atoms with van der Waals surface area (Å²) in [6.45, 7) is -0.535. The molecule has 1 aliphatic rings. The molecule has 0 saturated carbocycles. The van der Waals surface area contributed by atoms with Crippen molar-refractivity contribution in [3.8, 4) is 0 Å². The van der Waals surface area contributed by atoms with Gasteiger partial charge in [0, 0.05) is 37.2 Å². The highest BCUT2D eigenvalue weighted by Crippen LogP contribution is 2.35. The van der Waals surface area contributed by atoms with Crippen LogP contribution in [0, 0.1) is 5.92 Å². The minimum Gasteiger partial charge on any atom is -0.484 e. The number of fused-ring (bicyclic) bond motifs is 1. The van der Waals surface area contributed by atoms with E-state index in [0.717, 1.165) is 6.20 Å². The van der Waals surface area contributed by atoms with Crippen LogP contribution in [0.15, 0.2) is 41.3 Å². The van der Waals surface area contributed by atoms with Crippen LogP contribution in [0.3, 0.4) is 0 Å². The molecule has 2 aromatic heterocycles.